The van der Waals surface area contributed by atoms with Crippen LogP contribution in [0.1, 0.15) is 16.7 Å². The Morgan fingerprint density at radius 2 is 2.05 bits per heavy atom. The molecule has 0 fully saturated rings. The lowest BCUT2D eigenvalue weighted by Crippen LogP contribution is -2.00. The van der Waals surface area contributed by atoms with Crippen LogP contribution < -0.4 is 10.1 Å². The van der Waals surface area contributed by atoms with E-state index in [1.807, 2.05) is 30.3 Å². The van der Waals surface area contributed by atoms with E-state index in [0.717, 1.165) is 15.7 Å². The van der Waals surface area contributed by atoms with Crippen LogP contribution in [0.2, 0.25) is 0 Å². The predicted octanol–water partition coefficient (Wildman–Crippen LogP) is 4.25. The lowest BCUT2D eigenvalue weighted by Gasteiger charge is -2.09. The standard InChI is InChI=1S/C16H15BrN2O/c1-11-3-5-14(8-15(11)17)19-10-12-4-6-16(20-2)13(7-12)9-18/h3-8,19H,10H2,1-2H3. The van der Waals surface area contributed by atoms with Crippen LogP contribution in [0, 0.1) is 18.3 Å². The molecule has 4 heteroatoms. The van der Waals surface area contributed by atoms with Crippen molar-refractivity contribution in [1.29, 1.82) is 5.26 Å². The topological polar surface area (TPSA) is 45.0 Å². The Bertz CT molecular complexity index is 662. The number of benzene rings is 2. The van der Waals surface area contributed by atoms with Crippen molar-refractivity contribution in [2.24, 2.45) is 0 Å². The van der Waals surface area contributed by atoms with Crippen molar-refractivity contribution in [1.82, 2.24) is 0 Å². The maximum Gasteiger partial charge on any atom is 0.136 e. The van der Waals surface area contributed by atoms with E-state index in [4.69, 9.17) is 10.00 Å². The quantitative estimate of drug-likeness (QED) is 0.911. The fourth-order valence-corrected chi connectivity index (χ4v) is 2.24. The minimum absolute atomic E-state index is 0.553. The third kappa shape index (κ3) is 3.31. The van der Waals surface area contributed by atoms with Gasteiger partial charge in [-0.25, -0.2) is 0 Å². The predicted molar refractivity (Wildman–Crippen MR) is 83.9 cm³/mol. The number of nitrogens with one attached hydrogen (secondary N) is 1. The summed E-state index contributed by atoms with van der Waals surface area (Å²) in [7, 11) is 1.57. The van der Waals surface area contributed by atoms with E-state index in [9.17, 15) is 0 Å². The van der Waals surface area contributed by atoms with Gasteiger partial charge in [0, 0.05) is 16.7 Å². The van der Waals surface area contributed by atoms with Crippen molar-refractivity contribution in [3.63, 3.8) is 0 Å². The minimum atomic E-state index is 0.553. The second-order valence-corrected chi connectivity index (χ2v) is 5.32. The monoisotopic (exact) mass is 330 g/mol. The smallest absolute Gasteiger partial charge is 0.136 e. The van der Waals surface area contributed by atoms with Crippen LogP contribution in [-0.4, -0.2) is 7.11 Å². The zero-order chi connectivity index (χ0) is 14.5. The van der Waals surface area contributed by atoms with E-state index >= 15 is 0 Å². The van der Waals surface area contributed by atoms with Gasteiger partial charge >= 0.3 is 0 Å². The number of rotatable bonds is 4. The van der Waals surface area contributed by atoms with E-state index in [-0.39, 0.29) is 0 Å². The number of nitriles is 1. The number of aryl methyl sites for hydroxylation is 1. The molecule has 0 aliphatic heterocycles. The van der Waals surface area contributed by atoms with Gasteiger partial charge in [-0.2, -0.15) is 5.26 Å². The maximum atomic E-state index is 9.07. The van der Waals surface area contributed by atoms with Gasteiger partial charge < -0.3 is 10.1 Å². The van der Waals surface area contributed by atoms with E-state index in [2.05, 4.69) is 40.3 Å². The second kappa shape index (κ2) is 6.44. The zero-order valence-corrected chi connectivity index (χ0v) is 13.0. The summed E-state index contributed by atoms with van der Waals surface area (Å²) < 4.78 is 6.21. The van der Waals surface area contributed by atoms with Crippen LogP contribution in [0.5, 0.6) is 5.75 Å². The largest absolute Gasteiger partial charge is 0.495 e. The fourth-order valence-electron chi connectivity index (χ4n) is 1.86. The first-order chi connectivity index (χ1) is 9.63. The van der Waals surface area contributed by atoms with Crippen molar-refractivity contribution >= 4 is 21.6 Å². The highest BCUT2D eigenvalue weighted by molar-refractivity contribution is 9.10. The first-order valence-corrected chi connectivity index (χ1v) is 7.00. The highest BCUT2D eigenvalue weighted by Gasteiger charge is 2.04. The molecular weight excluding hydrogens is 316 g/mol. The zero-order valence-electron chi connectivity index (χ0n) is 11.4. The first kappa shape index (κ1) is 14.4. The molecule has 0 aliphatic rings. The number of ether oxygens (including phenoxy) is 1. The molecule has 20 heavy (non-hydrogen) atoms. The lowest BCUT2D eigenvalue weighted by molar-refractivity contribution is 0.413. The first-order valence-electron chi connectivity index (χ1n) is 6.21. The molecule has 0 radical (unpaired) electrons. The summed E-state index contributed by atoms with van der Waals surface area (Å²) in [6.45, 7) is 2.71. The number of methoxy groups -OCH3 is 1. The van der Waals surface area contributed by atoms with Crippen LogP contribution in [-0.2, 0) is 6.54 Å². The molecule has 0 bridgehead atoms. The summed E-state index contributed by atoms with van der Waals surface area (Å²) >= 11 is 3.51. The van der Waals surface area contributed by atoms with Gasteiger partial charge in [0.2, 0.25) is 0 Å². The van der Waals surface area contributed by atoms with Gasteiger partial charge in [-0.1, -0.05) is 28.1 Å². The van der Waals surface area contributed by atoms with Gasteiger partial charge in [0.15, 0.2) is 0 Å². The Morgan fingerprint density at radius 3 is 2.70 bits per heavy atom. The molecule has 2 rings (SSSR count). The van der Waals surface area contributed by atoms with Crippen LogP contribution in [0.25, 0.3) is 0 Å². The number of hydrogen-bond acceptors (Lipinski definition) is 3. The molecule has 2 aromatic carbocycles. The van der Waals surface area contributed by atoms with Crippen molar-refractivity contribution in [2.75, 3.05) is 12.4 Å². The van der Waals surface area contributed by atoms with Gasteiger partial charge in [0.05, 0.1) is 12.7 Å². The summed E-state index contributed by atoms with van der Waals surface area (Å²) in [6, 6.07) is 13.9. The normalized spacial score (nSPS) is 9.90. The fraction of sp³-hybridized carbons (Fsp3) is 0.188. The summed E-state index contributed by atoms with van der Waals surface area (Å²) in [5, 5.41) is 12.4. The Kier molecular flexibility index (Phi) is 4.65. The van der Waals surface area contributed by atoms with Gasteiger partial charge in [0.1, 0.15) is 11.8 Å². The van der Waals surface area contributed by atoms with Crippen LogP contribution in [0.15, 0.2) is 40.9 Å². The third-order valence-corrected chi connectivity index (χ3v) is 3.91. The SMILES string of the molecule is COc1ccc(CNc2ccc(C)c(Br)c2)cc1C#N. The Labute approximate surface area is 127 Å². The average Bonchev–Trinajstić information content (AvgIpc) is 2.48. The number of anilines is 1. The molecule has 3 nitrogen and oxygen atoms in total. The number of nitrogens with zero attached hydrogens (tertiary/aromatic N) is 1. The van der Waals surface area contributed by atoms with Gasteiger partial charge in [-0.15, -0.1) is 0 Å². The third-order valence-electron chi connectivity index (χ3n) is 3.05. The summed E-state index contributed by atoms with van der Waals surface area (Å²) in [6.07, 6.45) is 0. The molecule has 0 unspecified atom stereocenters. The Hall–Kier alpha value is -1.99. The van der Waals surface area contributed by atoms with Gasteiger partial charge in [0.25, 0.3) is 0 Å². The molecule has 1 N–H and O–H groups in total. The highest BCUT2D eigenvalue weighted by Crippen LogP contribution is 2.22. The Balaban J connectivity index is 2.11. The van der Waals surface area contributed by atoms with Crippen LogP contribution in [0.4, 0.5) is 5.69 Å². The van der Waals surface area contributed by atoms with Gasteiger partial charge in [-0.3, -0.25) is 0 Å². The summed E-state index contributed by atoms with van der Waals surface area (Å²) in [5.74, 6) is 0.606. The van der Waals surface area contributed by atoms with Gasteiger partial charge in [-0.05, 0) is 42.3 Å². The maximum absolute atomic E-state index is 9.07. The van der Waals surface area contributed by atoms with E-state index < -0.39 is 0 Å². The van der Waals surface area contributed by atoms with E-state index in [1.54, 1.807) is 7.11 Å². The molecular formula is C16H15BrN2O. The summed E-state index contributed by atoms with van der Waals surface area (Å²) in [4.78, 5) is 0. The molecule has 0 saturated carbocycles. The van der Waals surface area contributed by atoms with E-state index in [1.165, 1.54) is 5.56 Å². The molecule has 2 aromatic rings. The Morgan fingerprint density at radius 1 is 1.25 bits per heavy atom. The molecule has 0 aliphatic carbocycles. The number of halogens is 1. The van der Waals surface area contributed by atoms with Crippen LogP contribution in [0.3, 0.4) is 0 Å². The van der Waals surface area contributed by atoms with Crippen molar-refractivity contribution in [3.8, 4) is 11.8 Å². The second-order valence-electron chi connectivity index (χ2n) is 4.46. The summed E-state index contributed by atoms with van der Waals surface area (Å²) in [5.41, 5.74) is 3.83. The molecule has 0 aromatic heterocycles. The van der Waals surface area contributed by atoms with Crippen molar-refractivity contribution in [3.05, 3.63) is 57.6 Å². The molecule has 0 spiro atoms. The van der Waals surface area contributed by atoms with Crippen molar-refractivity contribution < 1.29 is 4.74 Å². The molecule has 0 atom stereocenters. The van der Waals surface area contributed by atoms with Crippen LogP contribution >= 0.6 is 15.9 Å². The molecule has 0 saturated heterocycles. The van der Waals surface area contributed by atoms with Crippen molar-refractivity contribution in [2.45, 2.75) is 13.5 Å². The number of hydrogen-bond donors (Lipinski definition) is 1. The molecule has 102 valence electrons. The lowest BCUT2D eigenvalue weighted by atomic mass is 10.1. The molecule has 0 amide bonds. The minimum Gasteiger partial charge on any atom is -0.495 e. The highest BCUT2D eigenvalue weighted by atomic mass is 79.9. The molecule has 0 heterocycles. The average molecular weight is 331 g/mol. The van der Waals surface area contributed by atoms with E-state index in [0.29, 0.717) is 17.9 Å².